The van der Waals surface area contributed by atoms with E-state index in [0.29, 0.717) is 18.9 Å². The van der Waals surface area contributed by atoms with Crippen molar-refractivity contribution in [1.29, 1.82) is 0 Å². The summed E-state index contributed by atoms with van der Waals surface area (Å²) in [5.41, 5.74) is 0.865. The van der Waals surface area contributed by atoms with Crippen LogP contribution in [-0.4, -0.2) is 19.7 Å². The number of ether oxygens (including phenoxy) is 1. The van der Waals surface area contributed by atoms with Gasteiger partial charge in [0.2, 0.25) is 0 Å². The van der Waals surface area contributed by atoms with Gasteiger partial charge in [-0.3, -0.25) is 0 Å². The van der Waals surface area contributed by atoms with E-state index in [1.807, 2.05) is 13.8 Å². The van der Waals surface area contributed by atoms with Gasteiger partial charge in [0, 0.05) is 12.0 Å². The first-order chi connectivity index (χ1) is 9.03. The highest BCUT2D eigenvalue weighted by Gasteiger charge is 2.35. The second-order valence-corrected chi connectivity index (χ2v) is 5.18. The minimum atomic E-state index is -2.76. The van der Waals surface area contributed by atoms with E-state index in [9.17, 15) is 8.78 Å². The Hall–Kier alpha value is -1.16. The summed E-state index contributed by atoms with van der Waals surface area (Å²) in [6, 6.07) is 4.68. The van der Waals surface area contributed by atoms with Gasteiger partial charge >= 0.3 is 0 Å². The highest BCUT2D eigenvalue weighted by atomic mass is 19.3. The maximum atomic E-state index is 14.2. The van der Waals surface area contributed by atoms with E-state index >= 15 is 0 Å². The van der Waals surface area contributed by atoms with Gasteiger partial charge in [-0.15, -0.1) is 0 Å². The average molecular weight is 269 g/mol. The highest BCUT2D eigenvalue weighted by molar-refractivity contribution is 5.37. The fourth-order valence-electron chi connectivity index (χ4n) is 2.56. The summed E-state index contributed by atoms with van der Waals surface area (Å²) in [4.78, 5) is 0. The molecule has 0 aromatic heterocycles. The predicted molar refractivity (Wildman–Crippen MR) is 71.8 cm³/mol. The normalized spacial score (nSPS) is 19.7. The molecule has 2 nitrogen and oxygen atoms in total. The largest absolute Gasteiger partial charge is 0.494 e. The molecule has 1 fully saturated rings. The monoisotopic (exact) mass is 269 g/mol. The third kappa shape index (κ3) is 3.44. The molecule has 1 unspecified atom stereocenters. The summed E-state index contributed by atoms with van der Waals surface area (Å²) in [6.45, 7) is 5.79. The number of rotatable bonds is 5. The van der Waals surface area contributed by atoms with E-state index in [2.05, 4.69) is 5.32 Å². The van der Waals surface area contributed by atoms with Crippen molar-refractivity contribution in [2.75, 3.05) is 19.7 Å². The zero-order valence-electron chi connectivity index (χ0n) is 11.5. The molecule has 0 amide bonds. The molecule has 1 heterocycles. The van der Waals surface area contributed by atoms with E-state index in [1.54, 1.807) is 12.1 Å². The summed E-state index contributed by atoms with van der Waals surface area (Å²) in [6.07, 6.45) is 0.763. The van der Waals surface area contributed by atoms with Gasteiger partial charge in [-0.1, -0.05) is 0 Å². The Morgan fingerprint density at radius 1 is 1.42 bits per heavy atom. The number of alkyl halides is 2. The second-order valence-electron chi connectivity index (χ2n) is 5.18. The molecule has 1 N–H and O–H groups in total. The predicted octanol–water partition coefficient (Wildman–Crippen LogP) is 3.49. The molecule has 0 radical (unpaired) electrons. The molecule has 1 aromatic rings. The Morgan fingerprint density at radius 2 is 2.21 bits per heavy atom. The van der Waals surface area contributed by atoms with Crippen molar-refractivity contribution in [1.82, 2.24) is 5.32 Å². The van der Waals surface area contributed by atoms with E-state index in [4.69, 9.17) is 4.74 Å². The number of aryl methyl sites for hydroxylation is 1. The van der Waals surface area contributed by atoms with Crippen LogP contribution in [0.2, 0.25) is 0 Å². The summed E-state index contributed by atoms with van der Waals surface area (Å²) in [5.74, 6) is -2.00. The van der Waals surface area contributed by atoms with Crippen LogP contribution in [0.1, 0.15) is 30.9 Å². The maximum Gasteiger partial charge on any atom is 0.273 e. The molecule has 0 spiro atoms. The van der Waals surface area contributed by atoms with Crippen molar-refractivity contribution in [2.45, 2.75) is 32.6 Å². The Labute approximate surface area is 113 Å². The molecular formula is C15H21F2NO. The molecule has 1 aliphatic heterocycles. The average Bonchev–Trinajstić information content (AvgIpc) is 2.84. The molecule has 2 rings (SSSR count). The van der Waals surface area contributed by atoms with Crippen molar-refractivity contribution in [3.63, 3.8) is 0 Å². The van der Waals surface area contributed by atoms with Crippen LogP contribution in [0.15, 0.2) is 18.2 Å². The molecule has 1 aromatic carbocycles. The van der Waals surface area contributed by atoms with E-state index in [1.165, 1.54) is 6.07 Å². The van der Waals surface area contributed by atoms with Gasteiger partial charge in [-0.25, -0.2) is 8.78 Å². The Balaban J connectivity index is 2.12. The summed E-state index contributed by atoms with van der Waals surface area (Å²) >= 11 is 0. The molecule has 106 valence electrons. The van der Waals surface area contributed by atoms with Gasteiger partial charge in [-0.05, 0) is 63.0 Å². The lowest BCUT2D eigenvalue weighted by molar-refractivity contribution is -0.0269. The van der Waals surface area contributed by atoms with Crippen molar-refractivity contribution in [2.24, 2.45) is 5.92 Å². The van der Waals surface area contributed by atoms with E-state index in [0.717, 1.165) is 18.5 Å². The SMILES string of the molecule is CCOc1ccc(C(F)(F)CC2CCNC2)cc1C. The first kappa shape index (κ1) is 14.3. The summed E-state index contributed by atoms with van der Waals surface area (Å²) in [7, 11) is 0. The van der Waals surface area contributed by atoms with Crippen molar-refractivity contribution in [3.8, 4) is 5.75 Å². The molecule has 1 saturated heterocycles. The van der Waals surface area contributed by atoms with Gasteiger partial charge in [0.25, 0.3) is 5.92 Å². The Bertz CT molecular complexity index is 428. The van der Waals surface area contributed by atoms with Crippen LogP contribution in [-0.2, 0) is 5.92 Å². The second kappa shape index (κ2) is 5.87. The lowest BCUT2D eigenvalue weighted by atomic mass is 9.94. The molecule has 1 atom stereocenters. The van der Waals surface area contributed by atoms with Crippen molar-refractivity contribution < 1.29 is 13.5 Å². The summed E-state index contributed by atoms with van der Waals surface area (Å²) < 4.78 is 33.9. The lowest BCUT2D eigenvalue weighted by Gasteiger charge is -2.21. The summed E-state index contributed by atoms with van der Waals surface area (Å²) in [5, 5.41) is 3.13. The van der Waals surface area contributed by atoms with Gasteiger partial charge in [0.05, 0.1) is 6.61 Å². The van der Waals surface area contributed by atoms with E-state index in [-0.39, 0.29) is 17.9 Å². The molecule has 0 bridgehead atoms. The first-order valence-electron chi connectivity index (χ1n) is 6.85. The third-order valence-electron chi connectivity index (χ3n) is 3.60. The fourth-order valence-corrected chi connectivity index (χ4v) is 2.56. The molecule has 4 heteroatoms. The van der Waals surface area contributed by atoms with Crippen LogP contribution in [0, 0.1) is 12.8 Å². The van der Waals surface area contributed by atoms with Gasteiger partial charge in [-0.2, -0.15) is 0 Å². The quantitative estimate of drug-likeness (QED) is 0.883. The number of hydrogen-bond donors (Lipinski definition) is 1. The molecule has 0 saturated carbocycles. The number of halogens is 2. The number of nitrogens with one attached hydrogen (secondary N) is 1. The van der Waals surface area contributed by atoms with Crippen LogP contribution >= 0.6 is 0 Å². The zero-order valence-corrected chi connectivity index (χ0v) is 11.5. The van der Waals surface area contributed by atoms with Crippen LogP contribution in [0.5, 0.6) is 5.75 Å². The smallest absolute Gasteiger partial charge is 0.273 e. The fraction of sp³-hybridized carbons (Fsp3) is 0.600. The van der Waals surface area contributed by atoms with Crippen LogP contribution < -0.4 is 10.1 Å². The van der Waals surface area contributed by atoms with Crippen LogP contribution in [0.25, 0.3) is 0 Å². The first-order valence-corrected chi connectivity index (χ1v) is 6.85. The molecule has 1 aliphatic rings. The minimum absolute atomic E-state index is 0.0712. The van der Waals surface area contributed by atoms with Gasteiger partial charge in [0.1, 0.15) is 5.75 Å². The van der Waals surface area contributed by atoms with Crippen LogP contribution in [0.3, 0.4) is 0 Å². The zero-order chi connectivity index (χ0) is 13.9. The molecule has 0 aliphatic carbocycles. The number of hydrogen-bond acceptors (Lipinski definition) is 2. The lowest BCUT2D eigenvalue weighted by Crippen LogP contribution is -2.20. The van der Waals surface area contributed by atoms with Crippen molar-refractivity contribution >= 4 is 0 Å². The van der Waals surface area contributed by atoms with Crippen LogP contribution in [0.4, 0.5) is 8.78 Å². The number of benzene rings is 1. The standard InChI is InChI=1S/C15H21F2NO/c1-3-19-14-5-4-13(8-11(14)2)15(16,17)9-12-6-7-18-10-12/h4-5,8,12,18H,3,6-7,9-10H2,1-2H3. The molecule has 19 heavy (non-hydrogen) atoms. The molecular weight excluding hydrogens is 248 g/mol. The Morgan fingerprint density at radius 3 is 2.79 bits per heavy atom. The van der Waals surface area contributed by atoms with Crippen molar-refractivity contribution in [3.05, 3.63) is 29.3 Å². The Kier molecular flexibility index (Phi) is 4.40. The maximum absolute atomic E-state index is 14.2. The third-order valence-corrected chi connectivity index (χ3v) is 3.60. The van der Waals surface area contributed by atoms with E-state index < -0.39 is 5.92 Å². The van der Waals surface area contributed by atoms with Gasteiger partial charge < -0.3 is 10.1 Å². The minimum Gasteiger partial charge on any atom is -0.494 e. The topological polar surface area (TPSA) is 21.3 Å². The highest BCUT2D eigenvalue weighted by Crippen LogP contribution is 2.37. The van der Waals surface area contributed by atoms with Gasteiger partial charge in [0.15, 0.2) is 0 Å².